The molecule has 0 amide bonds. The van der Waals surface area contributed by atoms with E-state index in [4.69, 9.17) is 0 Å². The van der Waals surface area contributed by atoms with Crippen LogP contribution < -0.4 is 10.6 Å². The summed E-state index contributed by atoms with van der Waals surface area (Å²) in [6.07, 6.45) is 6.13. The highest BCUT2D eigenvalue weighted by molar-refractivity contribution is 9.10. The monoisotopic (exact) mass is 328 g/mol. The Kier molecular flexibility index (Phi) is 5.39. The van der Waals surface area contributed by atoms with Gasteiger partial charge in [-0.25, -0.2) is 9.97 Å². The number of aliphatic hydroxyl groups is 1. The summed E-state index contributed by atoms with van der Waals surface area (Å²) in [6, 6.07) is 0.291. The molecule has 1 aliphatic carbocycles. The van der Waals surface area contributed by atoms with Crippen LogP contribution in [0.3, 0.4) is 0 Å². The van der Waals surface area contributed by atoms with E-state index in [0.29, 0.717) is 12.0 Å². The minimum Gasteiger partial charge on any atom is -0.396 e. The summed E-state index contributed by atoms with van der Waals surface area (Å²) in [4.78, 5) is 8.50. The fraction of sp³-hybridized carbons (Fsp3) is 0.692. The second-order valence-corrected chi connectivity index (χ2v) is 5.69. The van der Waals surface area contributed by atoms with Gasteiger partial charge in [0.25, 0.3) is 0 Å². The molecule has 106 valence electrons. The van der Waals surface area contributed by atoms with Gasteiger partial charge in [-0.1, -0.05) is 12.8 Å². The summed E-state index contributed by atoms with van der Waals surface area (Å²) in [5, 5.41) is 16.1. The Morgan fingerprint density at radius 3 is 2.79 bits per heavy atom. The third kappa shape index (κ3) is 3.57. The zero-order chi connectivity index (χ0) is 13.7. The number of nitrogens with zero attached hydrogens (tertiary/aromatic N) is 2. The van der Waals surface area contributed by atoms with Crippen molar-refractivity contribution < 1.29 is 5.11 Å². The van der Waals surface area contributed by atoms with Crippen LogP contribution in [0, 0.1) is 5.92 Å². The number of rotatable bonds is 5. The van der Waals surface area contributed by atoms with Gasteiger partial charge in [0.05, 0.1) is 0 Å². The Labute approximate surface area is 122 Å². The van der Waals surface area contributed by atoms with Gasteiger partial charge in [0, 0.05) is 25.1 Å². The molecule has 1 saturated carbocycles. The smallest absolute Gasteiger partial charge is 0.146 e. The molecule has 2 atom stereocenters. The third-order valence-corrected chi connectivity index (χ3v) is 4.35. The predicted molar refractivity (Wildman–Crippen MR) is 80.4 cm³/mol. The van der Waals surface area contributed by atoms with Crippen LogP contribution in [0.5, 0.6) is 0 Å². The Morgan fingerprint density at radius 1 is 1.32 bits per heavy atom. The second kappa shape index (κ2) is 7.05. The quantitative estimate of drug-likeness (QED) is 0.775. The highest BCUT2D eigenvalue weighted by atomic mass is 79.9. The zero-order valence-electron chi connectivity index (χ0n) is 11.2. The number of halogens is 1. The summed E-state index contributed by atoms with van der Waals surface area (Å²) < 4.78 is 0.860. The van der Waals surface area contributed by atoms with Gasteiger partial charge in [-0.05, 0) is 35.7 Å². The van der Waals surface area contributed by atoms with Gasteiger partial charge >= 0.3 is 0 Å². The molecule has 0 saturated heterocycles. The van der Waals surface area contributed by atoms with Gasteiger partial charge in [0.15, 0.2) is 0 Å². The van der Waals surface area contributed by atoms with E-state index >= 15 is 0 Å². The summed E-state index contributed by atoms with van der Waals surface area (Å²) in [7, 11) is 0. The first-order chi connectivity index (χ1) is 9.26. The molecular weight excluding hydrogens is 308 g/mol. The Balaban J connectivity index is 2.11. The lowest BCUT2D eigenvalue weighted by Crippen LogP contribution is -2.34. The van der Waals surface area contributed by atoms with Gasteiger partial charge in [0.1, 0.15) is 22.4 Å². The van der Waals surface area contributed by atoms with Crippen LogP contribution in [0.25, 0.3) is 0 Å². The first-order valence-corrected chi connectivity index (χ1v) is 7.67. The standard InChI is InChI=1S/C13H21BrN4O/c1-2-15-12-11(14)13(17-8-16-12)18-10-6-4-3-5-9(10)7-19/h8-10,19H,2-7H2,1H3,(H2,15,16,17,18). The van der Waals surface area contributed by atoms with Gasteiger partial charge in [-0.3, -0.25) is 0 Å². The van der Waals surface area contributed by atoms with Crippen molar-refractivity contribution in [2.45, 2.75) is 38.6 Å². The van der Waals surface area contributed by atoms with Crippen LogP contribution in [0.15, 0.2) is 10.8 Å². The van der Waals surface area contributed by atoms with Crippen LogP contribution in [-0.2, 0) is 0 Å². The maximum Gasteiger partial charge on any atom is 0.146 e. The largest absolute Gasteiger partial charge is 0.396 e. The molecule has 1 fully saturated rings. The molecule has 0 spiro atoms. The summed E-state index contributed by atoms with van der Waals surface area (Å²) in [5.41, 5.74) is 0. The van der Waals surface area contributed by atoms with Crippen molar-refractivity contribution in [1.29, 1.82) is 0 Å². The van der Waals surface area contributed by atoms with E-state index in [-0.39, 0.29) is 6.61 Å². The number of aliphatic hydroxyl groups excluding tert-OH is 1. The number of nitrogens with one attached hydrogen (secondary N) is 2. The fourth-order valence-electron chi connectivity index (χ4n) is 2.55. The Morgan fingerprint density at radius 2 is 2.05 bits per heavy atom. The number of anilines is 2. The van der Waals surface area contributed by atoms with E-state index in [1.54, 1.807) is 6.33 Å². The Hall–Kier alpha value is -0.880. The lowest BCUT2D eigenvalue weighted by molar-refractivity contribution is 0.178. The first kappa shape index (κ1) is 14.5. The van der Waals surface area contributed by atoms with Crippen molar-refractivity contribution in [3.8, 4) is 0 Å². The summed E-state index contributed by atoms with van der Waals surface area (Å²) in [6.45, 7) is 3.09. The minimum absolute atomic E-state index is 0.237. The maximum absolute atomic E-state index is 9.45. The van der Waals surface area contributed by atoms with Crippen molar-refractivity contribution >= 4 is 27.6 Å². The van der Waals surface area contributed by atoms with E-state index in [0.717, 1.165) is 35.5 Å². The van der Waals surface area contributed by atoms with Crippen molar-refractivity contribution in [2.75, 3.05) is 23.8 Å². The minimum atomic E-state index is 0.237. The Bertz CT molecular complexity index is 416. The lowest BCUT2D eigenvalue weighted by Gasteiger charge is -2.31. The molecule has 0 bridgehead atoms. The third-order valence-electron chi connectivity index (χ3n) is 3.60. The van der Waals surface area contributed by atoms with Crippen molar-refractivity contribution in [3.63, 3.8) is 0 Å². The lowest BCUT2D eigenvalue weighted by atomic mass is 9.85. The van der Waals surface area contributed by atoms with Gasteiger partial charge in [0.2, 0.25) is 0 Å². The molecule has 3 N–H and O–H groups in total. The molecule has 6 heteroatoms. The molecule has 1 aliphatic rings. The van der Waals surface area contributed by atoms with Crippen LogP contribution in [-0.4, -0.2) is 34.3 Å². The van der Waals surface area contributed by atoms with Crippen LogP contribution in [0.1, 0.15) is 32.6 Å². The SMILES string of the molecule is CCNc1ncnc(NC2CCCCC2CO)c1Br. The van der Waals surface area contributed by atoms with Crippen molar-refractivity contribution in [3.05, 3.63) is 10.8 Å². The molecule has 1 aromatic heterocycles. The number of hydrogen-bond donors (Lipinski definition) is 3. The summed E-state index contributed by atoms with van der Waals surface area (Å²) >= 11 is 3.54. The zero-order valence-corrected chi connectivity index (χ0v) is 12.8. The van der Waals surface area contributed by atoms with Crippen molar-refractivity contribution in [2.24, 2.45) is 5.92 Å². The van der Waals surface area contributed by atoms with Crippen molar-refractivity contribution in [1.82, 2.24) is 9.97 Å². The van der Waals surface area contributed by atoms with Crippen LogP contribution in [0.2, 0.25) is 0 Å². The highest BCUT2D eigenvalue weighted by Crippen LogP contribution is 2.31. The molecule has 1 aromatic rings. The van der Waals surface area contributed by atoms with E-state index in [1.165, 1.54) is 12.8 Å². The number of aromatic nitrogens is 2. The molecule has 5 nitrogen and oxygen atoms in total. The molecule has 2 unspecified atom stereocenters. The summed E-state index contributed by atoms with van der Waals surface area (Å²) in [5.74, 6) is 1.92. The normalized spacial score (nSPS) is 23.1. The van der Waals surface area contributed by atoms with E-state index in [9.17, 15) is 5.11 Å². The van der Waals surface area contributed by atoms with E-state index in [2.05, 4.69) is 36.5 Å². The van der Waals surface area contributed by atoms with Crippen LogP contribution >= 0.6 is 15.9 Å². The molecule has 0 aliphatic heterocycles. The highest BCUT2D eigenvalue weighted by Gasteiger charge is 2.25. The predicted octanol–water partition coefficient (Wildman–Crippen LogP) is 2.63. The maximum atomic E-state index is 9.45. The van der Waals surface area contributed by atoms with Gasteiger partial charge < -0.3 is 15.7 Å². The van der Waals surface area contributed by atoms with E-state index < -0.39 is 0 Å². The molecule has 1 heterocycles. The average Bonchev–Trinajstić information content (AvgIpc) is 2.44. The first-order valence-electron chi connectivity index (χ1n) is 6.88. The molecular formula is C13H21BrN4O. The molecule has 19 heavy (non-hydrogen) atoms. The molecule has 2 rings (SSSR count). The number of hydrogen-bond acceptors (Lipinski definition) is 5. The topological polar surface area (TPSA) is 70.1 Å². The van der Waals surface area contributed by atoms with Gasteiger partial charge in [-0.2, -0.15) is 0 Å². The fourth-order valence-corrected chi connectivity index (χ4v) is 3.01. The van der Waals surface area contributed by atoms with Crippen LogP contribution in [0.4, 0.5) is 11.6 Å². The molecule has 0 radical (unpaired) electrons. The van der Waals surface area contributed by atoms with Gasteiger partial charge in [-0.15, -0.1) is 0 Å². The average molecular weight is 329 g/mol. The second-order valence-electron chi connectivity index (χ2n) is 4.89. The van der Waals surface area contributed by atoms with E-state index in [1.807, 2.05) is 6.92 Å². The molecule has 0 aromatic carbocycles.